The van der Waals surface area contributed by atoms with Crippen molar-refractivity contribution in [2.45, 2.75) is 19.4 Å². The first kappa shape index (κ1) is 13.2. The number of halogens is 1. The molecule has 0 bridgehead atoms. The lowest BCUT2D eigenvalue weighted by Gasteiger charge is -2.19. The van der Waals surface area contributed by atoms with Gasteiger partial charge >= 0.3 is 0 Å². The molecule has 18 heavy (non-hydrogen) atoms. The third-order valence-corrected chi connectivity index (χ3v) is 3.01. The first-order valence-corrected chi connectivity index (χ1v) is 6.62. The van der Waals surface area contributed by atoms with Gasteiger partial charge in [0.2, 0.25) is 0 Å². The Kier molecular flexibility index (Phi) is 4.90. The van der Waals surface area contributed by atoms with Gasteiger partial charge in [0, 0.05) is 11.4 Å². The highest BCUT2D eigenvalue weighted by atomic mass is 35.5. The maximum atomic E-state index is 5.83. The molecule has 1 N–H and O–H groups in total. The highest BCUT2D eigenvalue weighted by Crippen LogP contribution is 2.18. The van der Waals surface area contributed by atoms with Gasteiger partial charge in [-0.3, -0.25) is 0 Å². The second-order valence-electron chi connectivity index (χ2n) is 4.12. The maximum absolute atomic E-state index is 5.83. The predicted octanol–water partition coefficient (Wildman–Crippen LogP) is 3.00. The summed E-state index contributed by atoms with van der Waals surface area (Å²) in [6, 6.07) is 7.51. The molecule has 3 nitrogen and oxygen atoms in total. The average Bonchev–Trinajstić information content (AvgIpc) is 2.90. The number of likely N-dealkylation sites (N-methyl/N-ethyl adjacent to an activating group) is 1. The van der Waals surface area contributed by atoms with Crippen LogP contribution in [0.5, 0.6) is 5.75 Å². The Bertz CT molecular complexity index is 403. The van der Waals surface area contributed by atoms with Gasteiger partial charge in [-0.2, -0.15) is 0 Å². The van der Waals surface area contributed by atoms with Gasteiger partial charge in [-0.05, 0) is 36.9 Å². The van der Waals surface area contributed by atoms with Crippen molar-refractivity contribution in [3.8, 4) is 5.75 Å². The van der Waals surface area contributed by atoms with Crippen LogP contribution in [0, 0.1) is 0 Å². The second-order valence-corrected chi connectivity index (χ2v) is 4.56. The fourth-order valence-electron chi connectivity index (χ4n) is 1.88. The molecule has 4 heteroatoms. The summed E-state index contributed by atoms with van der Waals surface area (Å²) in [6.07, 6.45) is 3.11. The van der Waals surface area contributed by atoms with Crippen LogP contribution in [0.3, 0.4) is 0 Å². The molecular formula is C14H18ClNO2. The molecule has 1 aliphatic rings. The zero-order valence-corrected chi connectivity index (χ0v) is 11.2. The minimum Gasteiger partial charge on any atom is -0.496 e. The number of ether oxygens (including phenoxy) is 2. The van der Waals surface area contributed by atoms with Gasteiger partial charge in [-0.15, -0.1) is 0 Å². The summed E-state index contributed by atoms with van der Waals surface area (Å²) in [4.78, 5) is 0. The Morgan fingerprint density at radius 1 is 1.39 bits per heavy atom. The van der Waals surface area contributed by atoms with E-state index in [2.05, 4.69) is 18.3 Å². The van der Waals surface area contributed by atoms with E-state index in [0.29, 0.717) is 11.6 Å². The van der Waals surface area contributed by atoms with Crippen molar-refractivity contribution in [1.29, 1.82) is 0 Å². The Morgan fingerprint density at radius 2 is 2.17 bits per heavy atom. The van der Waals surface area contributed by atoms with E-state index in [4.69, 9.17) is 21.1 Å². The van der Waals surface area contributed by atoms with Crippen LogP contribution in [0.1, 0.15) is 13.3 Å². The molecule has 0 saturated heterocycles. The average molecular weight is 268 g/mol. The summed E-state index contributed by atoms with van der Waals surface area (Å²) in [7, 11) is 0. The molecule has 0 radical (unpaired) electrons. The molecule has 1 unspecified atom stereocenters. The molecule has 0 spiro atoms. The molecule has 1 aliphatic heterocycles. The highest BCUT2D eigenvalue weighted by molar-refractivity contribution is 6.30. The van der Waals surface area contributed by atoms with Gasteiger partial charge in [0.1, 0.15) is 18.1 Å². The molecule has 1 aromatic carbocycles. The Hall–Kier alpha value is -1.19. The van der Waals surface area contributed by atoms with Crippen LogP contribution in [-0.4, -0.2) is 25.8 Å². The Labute approximate surface area is 113 Å². The molecular weight excluding hydrogens is 250 g/mol. The van der Waals surface area contributed by atoms with Gasteiger partial charge in [-0.1, -0.05) is 18.5 Å². The summed E-state index contributed by atoms with van der Waals surface area (Å²) in [5.41, 5.74) is 0. The molecule has 0 aromatic heterocycles. The van der Waals surface area contributed by atoms with Gasteiger partial charge in [-0.25, -0.2) is 0 Å². The first-order chi connectivity index (χ1) is 8.79. The van der Waals surface area contributed by atoms with Crippen LogP contribution in [-0.2, 0) is 4.74 Å². The van der Waals surface area contributed by atoms with E-state index in [0.717, 1.165) is 31.1 Å². The van der Waals surface area contributed by atoms with Crippen LogP contribution in [0.4, 0.5) is 0 Å². The van der Waals surface area contributed by atoms with Crippen molar-refractivity contribution in [2.75, 3.05) is 19.8 Å². The number of hydrogen-bond acceptors (Lipinski definition) is 3. The minimum absolute atomic E-state index is 0.119. The van der Waals surface area contributed by atoms with Crippen LogP contribution in [0.15, 0.2) is 36.1 Å². The SMILES string of the molecule is CCNC(COc1ccc(Cl)cc1)C1=CCCO1. The molecule has 1 aromatic rings. The lowest BCUT2D eigenvalue weighted by Crippen LogP contribution is -2.36. The van der Waals surface area contributed by atoms with Gasteiger partial charge in [0.15, 0.2) is 0 Å². The second kappa shape index (κ2) is 6.66. The Morgan fingerprint density at radius 3 is 2.78 bits per heavy atom. The summed E-state index contributed by atoms with van der Waals surface area (Å²) in [5, 5.41) is 4.08. The standard InChI is InChI=1S/C14H18ClNO2/c1-2-16-13(14-4-3-9-17-14)10-18-12-7-5-11(15)6-8-12/h4-8,13,16H,2-3,9-10H2,1H3. The lowest BCUT2D eigenvalue weighted by atomic mass is 10.2. The van der Waals surface area contributed by atoms with Crippen molar-refractivity contribution >= 4 is 11.6 Å². The van der Waals surface area contributed by atoms with Crippen molar-refractivity contribution in [2.24, 2.45) is 0 Å². The minimum atomic E-state index is 0.119. The largest absolute Gasteiger partial charge is 0.496 e. The number of hydrogen-bond donors (Lipinski definition) is 1. The van der Waals surface area contributed by atoms with E-state index in [1.54, 1.807) is 0 Å². The van der Waals surface area contributed by atoms with Gasteiger partial charge < -0.3 is 14.8 Å². The van der Waals surface area contributed by atoms with Crippen molar-refractivity contribution in [1.82, 2.24) is 5.32 Å². The van der Waals surface area contributed by atoms with Crippen LogP contribution < -0.4 is 10.1 Å². The molecule has 2 rings (SSSR count). The summed E-state index contributed by atoms with van der Waals surface area (Å²) in [5.74, 6) is 1.81. The predicted molar refractivity (Wildman–Crippen MR) is 73.1 cm³/mol. The highest BCUT2D eigenvalue weighted by Gasteiger charge is 2.18. The van der Waals surface area contributed by atoms with E-state index >= 15 is 0 Å². The number of nitrogens with one attached hydrogen (secondary N) is 1. The number of rotatable bonds is 6. The van der Waals surface area contributed by atoms with Gasteiger partial charge in [0.25, 0.3) is 0 Å². The van der Waals surface area contributed by atoms with Crippen LogP contribution in [0.2, 0.25) is 5.02 Å². The van der Waals surface area contributed by atoms with Crippen LogP contribution >= 0.6 is 11.6 Å². The molecule has 0 fully saturated rings. The monoisotopic (exact) mass is 267 g/mol. The summed E-state index contributed by atoms with van der Waals surface area (Å²) in [6.45, 7) is 4.29. The zero-order valence-electron chi connectivity index (χ0n) is 10.5. The van der Waals surface area contributed by atoms with Crippen molar-refractivity contribution < 1.29 is 9.47 Å². The molecule has 0 saturated carbocycles. The van der Waals surface area contributed by atoms with Gasteiger partial charge in [0.05, 0.1) is 12.6 Å². The topological polar surface area (TPSA) is 30.5 Å². The smallest absolute Gasteiger partial charge is 0.119 e. The normalized spacial score (nSPS) is 16.0. The maximum Gasteiger partial charge on any atom is 0.119 e. The zero-order chi connectivity index (χ0) is 12.8. The van der Waals surface area contributed by atoms with E-state index in [1.807, 2.05) is 24.3 Å². The van der Waals surface area contributed by atoms with Crippen LogP contribution in [0.25, 0.3) is 0 Å². The summed E-state index contributed by atoms with van der Waals surface area (Å²) >= 11 is 5.83. The molecule has 1 heterocycles. The molecule has 98 valence electrons. The van der Waals surface area contributed by atoms with Crippen molar-refractivity contribution in [3.63, 3.8) is 0 Å². The quantitative estimate of drug-likeness (QED) is 0.860. The van der Waals surface area contributed by atoms with Crippen molar-refractivity contribution in [3.05, 3.63) is 41.1 Å². The lowest BCUT2D eigenvalue weighted by molar-refractivity contribution is 0.184. The van der Waals surface area contributed by atoms with E-state index < -0.39 is 0 Å². The molecule has 0 amide bonds. The molecule has 1 atom stereocenters. The van der Waals surface area contributed by atoms with E-state index in [1.165, 1.54) is 0 Å². The fourth-order valence-corrected chi connectivity index (χ4v) is 2.00. The third-order valence-electron chi connectivity index (χ3n) is 2.76. The first-order valence-electron chi connectivity index (χ1n) is 6.24. The fraction of sp³-hybridized carbons (Fsp3) is 0.429. The summed E-state index contributed by atoms with van der Waals surface area (Å²) < 4.78 is 11.3. The third kappa shape index (κ3) is 3.65. The molecule has 0 aliphatic carbocycles. The van der Waals surface area contributed by atoms with E-state index in [-0.39, 0.29) is 6.04 Å². The van der Waals surface area contributed by atoms with E-state index in [9.17, 15) is 0 Å². The Balaban J connectivity index is 1.90. The number of benzene rings is 1.